The molecule has 0 aromatic heterocycles. The standard InChI is InChI=1S/C15H25N/c1-6-15(16,7-2)13-10-8-9-12(11-13)14(3,4)5/h8-11H,6-7,16H2,1-5H3. The van der Waals surface area contributed by atoms with Crippen LogP contribution in [-0.2, 0) is 11.0 Å². The number of hydrogen-bond acceptors (Lipinski definition) is 1. The van der Waals surface area contributed by atoms with Crippen LogP contribution in [0, 0.1) is 0 Å². The summed E-state index contributed by atoms with van der Waals surface area (Å²) in [5, 5.41) is 0. The first-order valence-corrected chi connectivity index (χ1v) is 6.23. The van der Waals surface area contributed by atoms with Crippen LogP contribution in [-0.4, -0.2) is 0 Å². The molecule has 0 heterocycles. The highest BCUT2D eigenvalue weighted by Crippen LogP contribution is 2.30. The molecule has 1 nitrogen and oxygen atoms in total. The Morgan fingerprint density at radius 1 is 1.00 bits per heavy atom. The van der Waals surface area contributed by atoms with Crippen molar-refractivity contribution in [2.45, 2.75) is 58.4 Å². The smallest absolute Gasteiger partial charge is 0.0404 e. The molecule has 0 amide bonds. The van der Waals surface area contributed by atoms with Gasteiger partial charge in [0.15, 0.2) is 0 Å². The molecule has 1 rings (SSSR count). The number of rotatable bonds is 3. The van der Waals surface area contributed by atoms with E-state index in [-0.39, 0.29) is 11.0 Å². The van der Waals surface area contributed by atoms with E-state index in [9.17, 15) is 0 Å². The van der Waals surface area contributed by atoms with E-state index in [4.69, 9.17) is 5.73 Å². The molecular weight excluding hydrogens is 194 g/mol. The zero-order valence-corrected chi connectivity index (χ0v) is 11.3. The molecule has 0 saturated carbocycles. The minimum absolute atomic E-state index is 0.165. The Morgan fingerprint density at radius 2 is 1.50 bits per heavy atom. The molecule has 0 spiro atoms. The number of hydrogen-bond donors (Lipinski definition) is 1. The Morgan fingerprint density at radius 3 is 1.94 bits per heavy atom. The molecule has 16 heavy (non-hydrogen) atoms. The normalized spacial score (nSPS) is 12.9. The quantitative estimate of drug-likeness (QED) is 0.818. The lowest BCUT2D eigenvalue weighted by atomic mass is 9.80. The summed E-state index contributed by atoms with van der Waals surface area (Å²) in [7, 11) is 0. The van der Waals surface area contributed by atoms with Crippen LogP contribution in [0.5, 0.6) is 0 Å². The highest BCUT2D eigenvalue weighted by atomic mass is 14.7. The second-order valence-electron chi connectivity index (χ2n) is 5.69. The van der Waals surface area contributed by atoms with Crippen molar-refractivity contribution in [2.24, 2.45) is 5.73 Å². The van der Waals surface area contributed by atoms with Crippen molar-refractivity contribution < 1.29 is 0 Å². The lowest BCUT2D eigenvalue weighted by Crippen LogP contribution is -2.35. The summed E-state index contributed by atoms with van der Waals surface area (Å²) in [5.74, 6) is 0. The van der Waals surface area contributed by atoms with Crippen molar-refractivity contribution in [3.05, 3.63) is 35.4 Å². The van der Waals surface area contributed by atoms with Crippen LogP contribution in [0.4, 0.5) is 0 Å². The van der Waals surface area contributed by atoms with E-state index in [1.54, 1.807) is 0 Å². The first-order chi connectivity index (χ1) is 7.33. The molecule has 0 atom stereocenters. The van der Waals surface area contributed by atoms with Gasteiger partial charge in [-0.1, -0.05) is 58.9 Å². The molecule has 0 aliphatic rings. The average Bonchev–Trinajstić information content (AvgIpc) is 2.27. The van der Waals surface area contributed by atoms with Crippen molar-refractivity contribution in [2.75, 3.05) is 0 Å². The van der Waals surface area contributed by atoms with Crippen molar-refractivity contribution in [1.29, 1.82) is 0 Å². The van der Waals surface area contributed by atoms with Gasteiger partial charge in [-0.3, -0.25) is 0 Å². The third kappa shape index (κ3) is 2.65. The van der Waals surface area contributed by atoms with Crippen LogP contribution >= 0.6 is 0 Å². The lowest BCUT2D eigenvalue weighted by Gasteiger charge is -2.29. The summed E-state index contributed by atoms with van der Waals surface area (Å²) in [6.07, 6.45) is 1.97. The largest absolute Gasteiger partial charge is 0.321 e. The van der Waals surface area contributed by atoms with Gasteiger partial charge in [-0.25, -0.2) is 0 Å². The van der Waals surface area contributed by atoms with E-state index in [1.165, 1.54) is 11.1 Å². The predicted molar refractivity (Wildman–Crippen MR) is 71.6 cm³/mol. The molecule has 0 radical (unpaired) electrons. The third-order valence-corrected chi connectivity index (χ3v) is 3.57. The monoisotopic (exact) mass is 219 g/mol. The molecule has 0 bridgehead atoms. The Kier molecular flexibility index (Phi) is 3.80. The molecule has 0 aliphatic heterocycles. The van der Waals surface area contributed by atoms with E-state index in [0.717, 1.165) is 12.8 Å². The summed E-state index contributed by atoms with van der Waals surface area (Å²) in [4.78, 5) is 0. The van der Waals surface area contributed by atoms with Crippen LogP contribution in [0.3, 0.4) is 0 Å². The fourth-order valence-electron chi connectivity index (χ4n) is 1.95. The lowest BCUT2D eigenvalue weighted by molar-refractivity contribution is 0.411. The molecular formula is C15H25N. The fraction of sp³-hybridized carbons (Fsp3) is 0.600. The van der Waals surface area contributed by atoms with Crippen molar-refractivity contribution in [3.8, 4) is 0 Å². The first kappa shape index (κ1) is 13.2. The highest BCUT2D eigenvalue weighted by Gasteiger charge is 2.24. The van der Waals surface area contributed by atoms with E-state index in [2.05, 4.69) is 58.9 Å². The average molecular weight is 219 g/mol. The molecule has 1 aromatic rings. The summed E-state index contributed by atoms with van der Waals surface area (Å²) in [6.45, 7) is 11.0. The number of nitrogens with two attached hydrogens (primary N) is 1. The van der Waals surface area contributed by atoms with E-state index in [0.29, 0.717) is 0 Å². The molecule has 0 unspecified atom stereocenters. The topological polar surface area (TPSA) is 26.0 Å². The Hall–Kier alpha value is -0.820. The Labute approximate surface area is 100 Å². The van der Waals surface area contributed by atoms with E-state index >= 15 is 0 Å². The second-order valence-corrected chi connectivity index (χ2v) is 5.69. The molecule has 1 aromatic carbocycles. The summed E-state index contributed by atoms with van der Waals surface area (Å²) in [5.41, 5.74) is 9.09. The van der Waals surface area contributed by atoms with Gasteiger partial charge in [0, 0.05) is 5.54 Å². The van der Waals surface area contributed by atoms with Crippen LogP contribution in [0.15, 0.2) is 24.3 Å². The second kappa shape index (κ2) is 4.58. The summed E-state index contributed by atoms with van der Waals surface area (Å²) in [6, 6.07) is 8.74. The maximum absolute atomic E-state index is 6.43. The van der Waals surface area contributed by atoms with Gasteiger partial charge in [-0.05, 0) is 29.4 Å². The maximum atomic E-state index is 6.43. The number of benzene rings is 1. The zero-order valence-electron chi connectivity index (χ0n) is 11.3. The Bertz CT molecular complexity index is 343. The summed E-state index contributed by atoms with van der Waals surface area (Å²) < 4.78 is 0. The molecule has 0 aliphatic carbocycles. The van der Waals surface area contributed by atoms with Gasteiger partial charge in [0.2, 0.25) is 0 Å². The van der Waals surface area contributed by atoms with Crippen molar-refractivity contribution in [1.82, 2.24) is 0 Å². The van der Waals surface area contributed by atoms with Crippen LogP contribution < -0.4 is 5.73 Å². The highest BCUT2D eigenvalue weighted by molar-refractivity contribution is 5.32. The molecule has 0 fully saturated rings. The Balaban J connectivity index is 3.17. The van der Waals surface area contributed by atoms with Gasteiger partial charge < -0.3 is 5.73 Å². The van der Waals surface area contributed by atoms with Crippen LogP contribution in [0.2, 0.25) is 0 Å². The molecule has 2 N–H and O–H groups in total. The van der Waals surface area contributed by atoms with Gasteiger partial charge in [-0.15, -0.1) is 0 Å². The molecule has 1 heteroatoms. The van der Waals surface area contributed by atoms with E-state index < -0.39 is 0 Å². The first-order valence-electron chi connectivity index (χ1n) is 6.23. The van der Waals surface area contributed by atoms with Crippen molar-refractivity contribution in [3.63, 3.8) is 0 Å². The van der Waals surface area contributed by atoms with Gasteiger partial charge >= 0.3 is 0 Å². The predicted octanol–water partition coefficient (Wildman–Crippen LogP) is 3.96. The van der Waals surface area contributed by atoms with Gasteiger partial charge in [0.25, 0.3) is 0 Å². The SMILES string of the molecule is CCC(N)(CC)c1cccc(C(C)(C)C)c1. The summed E-state index contributed by atoms with van der Waals surface area (Å²) >= 11 is 0. The minimum Gasteiger partial charge on any atom is -0.321 e. The van der Waals surface area contributed by atoms with Crippen LogP contribution in [0.1, 0.15) is 58.6 Å². The fourth-order valence-corrected chi connectivity index (χ4v) is 1.95. The van der Waals surface area contributed by atoms with Gasteiger partial charge in [-0.2, -0.15) is 0 Å². The zero-order chi connectivity index (χ0) is 12.4. The van der Waals surface area contributed by atoms with E-state index in [1.807, 2.05) is 0 Å². The third-order valence-electron chi connectivity index (χ3n) is 3.57. The van der Waals surface area contributed by atoms with Crippen molar-refractivity contribution >= 4 is 0 Å². The maximum Gasteiger partial charge on any atom is 0.0404 e. The van der Waals surface area contributed by atoms with Gasteiger partial charge in [0.1, 0.15) is 0 Å². The van der Waals surface area contributed by atoms with Gasteiger partial charge in [0.05, 0.1) is 0 Å². The molecule has 0 saturated heterocycles. The van der Waals surface area contributed by atoms with Crippen LogP contribution in [0.25, 0.3) is 0 Å². The molecule has 90 valence electrons. The minimum atomic E-state index is -0.165.